The van der Waals surface area contributed by atoms with Gasteiger partial charge in [-0.05, 0) is 38.8 Å². The molecular weight excluding hydrogens is 293 g/mol. The second-order valence-corrected chi connectivity index (χ2v) is 6.32. The van der Waals surface area contributed by atoms with Gasteiger partial charge in [-0.2, -0.15) is 0 Å². The third-order valence-electron chi connectivity index (χ3n) is 2.51. The summed E-state index contributed by atoms with van der Waals surface area (Å²) in [4.78, 5) is 0. The van der Waals surface area contributed by atoms with Crippen molar-refractivity contribution in [1.82, 2.24) is 0 Å². The minimum Gasteiger partial charge on any atom is -0.319 e. The number of hydrogen-bond donors (Lipinski definition) is 1. The summed E-state index contributed by atoms with van der Waals surface area (Å²) in [7, 11) is -1.16. The summed E-state index contributed by atoms with van der Waals surface area (Å²) in [5, 5.41) is 0. The molecule has 0 heterocycles. The van der Waals surface area contributed by atoms with Gasteiger partial charge in [0.1, 0.15) is 0 Å². The zero-order valence-corrected chi connectivity index (χ0v) is 14.7. The van der Waals surface area contributed by atoms with Crippen molar-refractivity contribution in [2.45, 2.75) is 39.9 Å². The molecule has 0 bridgehead atoms. The van der Waals surface area contributed by atoms with Crippen molar-refractivity contribution in [3.8, 4) is 11.1 Å². The van der Waals surface area contributed by atoms with Gasteiger partial charge in [-0.1, -0.05) is 60.7 Å². The molecule has 3 nitrogen and oxygen atoms in total. The fourth-order valence-electron chi connectivity index (χ4n) is 1.70. The highest BCUT2D eigenvalue weighted by Crippen LogP contribution is 2.31. The van der Waals surface area contributed by atoms with Crippen molar-refractivity contribution in [2.24, 2.45) is 5.50 Å². The quantitative estimate of drug-likeness (QED) is 0.753. The van der Waals surface area contributed by atoms with Crippen molar-refractivity contribution in [2.75, 3.05) is 0 Å². The standard InChI is InChI=1S/C12H10.C6H16NO2P/c1-3-7-11(8-4-1)12-9-5-2-6-10-12;1-5(2)8-10(7)9-6(3)4/h1-10H;5-6H,7H2,1-4H3. The van der Waals surface area contributed by atoms with E-state index in [9.17, 15) is 0 Å². The van der Waals surface area contributed by atoms with Crippen LogP contribution in [0.3, 0.4) is 0 Å². The molecule has 2 N–H and O–H groups in total. The van der Waals surface area contributed by atoms with Crippen molar-refractivity contribution in [1.29, 1.82) is 0 Å². The maximum absolute atomic E-state index is 5.50. The smallest absolute Gasteiger partial charge is 0.253 e. The molecule has 0 unspecified atom stereocenters. The molecule has 0 fully saturated rings. The topological polar surface area (TPSA) is 44.5 Å². The first-order valence-electron chi connectivity index (χ1n) is 7.48. The predicted molar refractivity (Wildman–Crippen MR) is 95.4 cm³/mol. The van der Waals surface area contributed by atoms with Gasteiger partial charge in [-0.15, -0.1) is 0 Å². The average molecular weight is 319 g/mol. The summed E-state index contributed by atoms with van der Waals surface area (Å²) in [6.45, 7) is 7.75. The van der Waals surface area contributed by atoms with Gasteiger partial charge in [0.15, 0.2) is 0 Å². The van der Waals surface area contributed by atoms with Crippen LogP contribution in [0.5, 0.6) is 0 Å². The van der Waals surface area contributed by atoms with Gasteiger partial charge in [-0.3, -0.25) is 5.50 Å². The molecule has 2 aromatic carbocycles. The fourth-order valence-corrected chi connectivity index (χ4v) is 2.58. The lowest BCUT2D eigenvalue weighted by molar-refractivity contribution is 0.177. The van der Waals surface area contributed by atoms with Gasteiger partial charge in [-0.25, -0.2) is 0 Å². The molecule has 4 heteroatoms. The lowest BCUT2D eigenvalue weighted by atomic mass is 10.1. The SMILES string of the molecule is CC(C)OP(N)OC(C)C.c1ccc(-c2ccccc2)cc1. The highest BCUT2D eigenvalue weighted by Gasteiger charge is 2.07. The summed E-state index contributed by atoms with van der Waals surface area (Å²) < 4.78 is 10.4. The number of hydrogen-bond acceptors (Lipinski definition) is 3. The summed E-state index contributed by atoms with van der Waals surface area (Å²) in [6, 6.07) is 20.8. The predicted octanol–water partition coefficient (Wildman–Crippen LogP) is 5.38. The molecule has 0 aliphatic rings. The van der Waals surface area contributed by atoms with E-state index >= 15 is 0 Å². The van der Waals surface area contributed by atoms with E-state index in [1.165, 1.54) is 11.1 Å². The van der Waals surface area contributed by atoms with Gasteiger partial charge in [0.25, 0.3) is 8.53 Å². The van der Waals surface area contributed by atoms with Gasteiger partial charge in [0.2, 0.25) is 0 Å². The van der Waals surface area contributed by atoms with E-state index in [4.69, 9.17) is 14.6 Å². The molecule has 120 valence electrons. The third kappa shape index (κ3) is 8.26. The van der Waals surface area contributed by atoms with Crippen molar-refractivity contribution in [3.63, 3.8) is 0 Å². The lowest BCUT2D eigenvalue weighted by Crippen LogP contribution is -2.08. The Morgan fingerprint density at radius 2 is 1.00 bits per heavy atom. The van der Waals surface area contributed by atoms with Crippen LogP contribution in [0.4, 0.5) is 0 Å². The number of nitrogens with two attached hydrogens (primary N) is 1. The van der Waals surface area contributed by atoms with E-state index in [2.05, 4.69) is 48.5 Å². The Balaban J connectivity index is 0.000000225. The monoisotopic (exact) mass is 319 g/mol. The minimum absolute atomic E-state index is 0.148. The van der Waals surface area contributed by atoms with E-state index in [1.54, 1.807) is 0 Å². The second kappa shape index (κ2) is 10.5. The Morgan fingerprint density at radius 3 is 1.27 bits per heavy atom. The van der Waals surface area contributed by atoms with E-state index in [0.717, 1.165) is 0 Å². The third-order valence-corrected chi connectivity index (χ3v) is 3.77. The van der Waals surface area contributed by atoms with Crippen molar-refractivity contribution < 1.29 is 9.05 Å². The normalized spacial score (nSPS) is 10.7. The molecule has 0 aliphatic carbocycles. The van der Waals surface area contributed by atoms with E-state index in [0.29, 0.717) is 0 Å². The molecule has 2 rings (SSSR count). The van der Waals surface area contributed by atoms with Gasteiger partial charge < -0.3 is 9.05 Å². The fraction of sp³-hybridized carbons (Fsp3) is 0.333. The molecule has 0 saturated heterocycles. The lowest BCUT2D eigenvalue weighted by Gasteiger charge is -2.16. The Kier molecular flexibility index (Phi) is 8.95. The Labute approximate surface area is 135 Å². The molecule has 0 aromatic heterocycles. The number of rotatable bonds is 5. The van der Waals surface area contributed by atoms with Crippen LogP contribution >= 0.6 is 8.53 Å². The van der Waals surface area contributed by atoms with Crippen molar-refractivity contribution in [3.05, 3.63) is 60.7 Å². The van der Waals surface area contributed by atoms with Gasteiger partial charge >= 0.3 is 0 Å². The van der Waals surface area contributed by atoms with Crippen LogP contribution < -0.4 is 5.50 Å². The molecule has 0 saturated carbocycles. The minimum atomic E-state index is -1.16. The van der Waals surface area contributed by atoms with Crippen molar-refractivity contribution >= 4 is 8.53 Å². The molecule has 2 aromatic rings. The highest BCUT2D eigenvalue weighted by molar-refractivity contribution is 7.44. The Bertz CT molecular complexity index is 456. The highest BCUT2D eigenvalue weighted by atomic mass is 31.2. The molecule has 0 aliphatic heterocycles. The Hall–Kier alpha value is -1.25. The molecule has 0 atom stereocenters. The van der Waals surface area contributed by atoms with E-state index in [-0.39, 0.29) is 12.2 Å². The average Bonchev–Trinajstić information content (AvgIpc) is 2.48. The summed E-state index contributed by atoms with van der Waals surface area (Å²) in [5.74, 6) is 0. The van der Waals surface area contributed by atoms with Crippen LogP contribution in [0.2, 0.25) is 0 Å². The van der Waals surface area contributed by atoms with Crippen LogP contribution in [-0.2, 0) is 9.05 Å². The van der Waals surface area contributed by atoms with E-state index < -0.39 is 8.53 Å². The van der Waals surface area contributed by atoms with Crippen LogP contribution in [0.15, 0.2) is 60.7 Å². The second-order valence-electron chi connectivity index (χ2n) is 5.33. The zero-order chi connectivity index (χ0) is 16.4. The van der Waals surface area contributed by atoms with Crippen LogP contribution in [0, 0.1) is 0 Å². The maximum atomic E-state index is 5.50. The van der Waals surface area contributed by atoms with Gasteiger partial charge in [0.05, 0.1) is 12.2 Å². The van der Waals surface area contributed by atoms with E-state index in [1.807, 2.05) is 39.8 Å². The summed E-state index contributed by atoms with van der Waals surface area (Å²) >= 11 is 0. The van der Waals surface area contributed by atoms with Crippen LogP contribution in [0.25, 0.3) is 11.1 Å². The molecule has 0 amide bonds. The first-order valence-corrected chi connectivity index (χ1v) is 8.72. The zero-order valence-electron chi connectivity index (χ0n) is 13.8. The molecule has 0 radical (unpaired) electrons. The Morgan fingerprint density at radius 1 is 0.682 bits per heavy atom. The summed E-state index contributed by atoms with van der Waals surface area (Å²) in [6.07, 6.45) is 0.296. The largest absolute Gasteiger partial charge is 0.319 e. The summed E-state index contributed by atoms with van der Waals surface area (Å²) in [5.41, 5.74) is 8.05. The van der Waals surface area contributed by atoms with Gasteiger partial charge in [0, 0.05) is 0 Å². The maximum Gasteiger partial charge on any atom is 0.253 e. The first-order chi connectivity index (χ1) is 10.5. The first kappa shape index (κ1) is 18.8. The molecule has 0 spiro atoms. The molecule has 22 heavy (non-hydrogen) atoms. The molecular formula is C18H26NO2P. The van der Waals surface area contributed by atoms with Crippen LogP contribution in [-0.4, -0.2) is 12.2 Å². The number of benzene rings is 2. The van der Waals surface area contributed by atoms with Crippen LogP contribution in [0.1, 0.15) is 27.7 Å².